The number of thiazole rings is 1. The largest absolute Gasteiger partial charge is 0.486 e. The molecule has 1 heterocycles. The fourth-order valence-electron chi connectivity index (χ4n) is 2.74. The second-order valence-corrected chi connectivity index (χ2v) is 8.12. The van der Waals surface area contributed by atoms with Crippen LogP contribution in [0.25, 0.3) is 0 Å². The summed E-state index contributed by atoms with van der Waals surface area (Å²) in [6.45, 7) is 4.45. The lowest BCUT2D eigenvalue weighted by atomic mass is 10.1. The summed E-state index contributed by atoms with van der Waals surface area (Å²) in [5.41, 5.74) is 3.01. The third-order valence-electron chi connectivity index (χ3n) is 4.64. The molecule has 3 aromatic rings. The van der Waals surface area contributed by atoms with Gasteiger partial charge in [0.15, 0.2) is 0 Å². The van der Waals surface area contributed by atoms with Gasteiger partial charge in [0.05, 0.1) is 18.2 Å². The van der Waals surface area contributed by atoms with Gasteiger partial charge >= 0.3 is 0 Å². The quantitative estimate of drug-likeness (QED) is 0.516. The first-order chi connectivity index (χ1) is 13.4. The highest BCUT2D eigenvalue weighted by atomic mass is 35.5. The first-order valence-corrected chi connectivity index (χ1v) is 10.3. The minimum Gasteiger partial charge on any atom is -0.486 e. The van der Waals surface area contributed by atoms with E-state index in [1.54, 1.807) is 4.90 Å². The molecule has 0 aliphatic carbocycles. The minimum absolute atomic E-state index is 0.0266. The van der Waals surface area contributed by atoms with Crippen molar-refractivity contribution in [2.45, 2.75) is 32.9 Å². The van der Waals surface area contributed by atoms with Crippen LogP contribution in [0.1, 0.15) is 34.8 Å². The Bertz CT molecular complexity index is 922. The molecule has 0 N–H and O–H groups in total. The normalized spacial score (nSPS) is 11.9. The fraction of sp³-hybridized carbons (Fsp3) is 0.273. The summed E-state index contributed by atoms with van der Waals surface area (Å²) in [5, 5.41) is 3.47. The van der Waals surface area contributed by atoms with E-state index >= 15 is 0 Å². The van der Waals surface area contributed by atoms with Crippen LogP contribution < -0.4 is 4.74 Å². The van der Waals surface area contributed by atoms with Gasteiger partial charge in [-0.05, 0) is 43.7 Å². The molecule has 0 saturated heterocycles. The fourth-order valence-corrected chi connectivity index (χ4v) is 3.57. The lowest BCUT2D eigenvalue weighted by molar-refractivity contribution is -0.131. The van der Waals surface area contributed by atoms with Gasteiger partial charge in [0.2, 0.25) is 5.91 Å². The number of halogens is 1. The number of nitrogens with zero attached hydrogens (tertiary/aromatic N) is 2. The first kappa shape index (κ1) is 20.4. The monoisotopic (exact) mass is 414 g/mol. The van der Waals surface area contributed by atoms with Crippen molar-refractivity contribution in [2.75, 3.05) is 7.05 Å². The zero-order chi connectivity index (χ0) is 20.1. The van der Waals surface area contributed by atoms with Crippen LogP contribution in [-0.4, -0.2) is 22.8 Å². The van der Waals surface area contributed by atoms with Crippen LogP contribution >= 0.6 is 22.9 Å². The van der Waals surface area contributed by atoms with Crippen molar-refractivity contribution >= 4 is 28.8 Å². The zero-order valence-electron chi connectivity index (χ0n) is 16.2. The molecule has 0 bridgehead atoms. The molecule has 0 aliphatic rings. The molecule has 28 heavy (non-hydrogen) atoms. The van der Waals surface area contributed by atoms with Crippen molar-refractivity contribution in [3.63, 3.8) is 0 Å². The standard InChI is InChI=1S/C22H23ClN2O2S/c1-15-4-10-20(11-5-15)27-13-21-24-19(14-28-21)12-22(26)25(3)16(2)17-6-8-18(23)9-7-17/h4-11,14,16H,12-13H2,1-3H3. The van der Waals surface area contributed by atoms with Crippen LogP contribution in [0.2, 0.25) is 5.02 Å². The van der Waals surface area contributed by atoms with E-state index in [0.717, 1.165) is 22.0 Å². The van der Waals surface area contributed by atoms with Crippen molar-refractivity contribution in [1.29, 1.82) is 0 Å². The molecule has 0 aliphatic heterocycles. The Labute approximate surface area is 174 Å². The molecule has 3 rings (SSSR count). The number of ether oxygens (including phenoxy) is 1. The number of benzene rings is 2. The second kappa shape index (κ2) is 9.22. The van der Waals surface area contributed by atoms with Gasteiger partial charge in [-0.15, -0.1) is 11.3 Å². The van der Waals surface area contributed by atoms with Gasteiger partial charge in [-0.2, -0.15) is 0 Å². The smallest absolute Gasteiger partial charge is 0.228 e. The van der Waals surface area contributed by atoms with Crippen molar-refractivity contribution in [1.82, 2.24) is 9.88 Å². The highest BCUT2D eigenvalue weighted by Gasteiger charge is 2.19. The Balaban J connectivity index is 1.55. The molecule has 4 nitrogen and oxygen atoms in total. The molecule has 0 spiro atoms. The average molecular weight is 415 g/mol. The summed E-state index contributed by atoms with van der Waals surface area (Å²) in [5.74, 6) is 0.841. The molecule has 6 heteroatoms. The highest BCUT2D eigenvalue weighted by molar-refractivity contribution is 7.09. The Morgan fingerprint density at radius 1 is 1.18 bits per heavy atom. The van der Waals surface area contributed by atoms with Gasteiger partial charge in [-0.25, -0.2) is 4.98 Å². The maximum Gasteiger partial charge on any atom is 0.228 e. The Kier molecular flexibility index (Phi) is 6.70. The summed E-state index contributed by atoms with van der Waals surface area (Å²) in [7, 11) is 1.81. The molecule has 0 saturated carbocycles. The van der Waals surface area contributed by atoms with E-state index in [2.05, 4.69) is 4.98 Å². The molecular weight excluding hydrogens is 392 g/mol. The molecule has 1 amide bonds. The summed E-state index contributed by atoms with van der Waals surface area (Å²) in [4.78, 5) is 18.9. The molecule has 0 fully saturated rings. The molecule has 146 valence electrons. The van der Waals surface area contributed by atoms with Gasteiger partial charge in [0.25, 0.3) is 0 Å². The number of hydrogen-bond donors (Lipinski definition) is 0. The molecule has 2 aromatic carbocycles. The van der Waals surface area contributed by atoms with E-state index < -0.39 is 0 Å². The second-order valence-electron chi connectivity index (χ2n) is 6.74. The van der Waals surface area contributed by atoms with Crippen molar-refractivity contribution in [3.8, 4) is 5.75 Å². The van der Waals surface area contributed by atoms with E-state index in [1.807, 2.05) is 74.8 Å². The van der Waals surface area contributed by atoms with Gasteiger partial charge in [-0.3, -0.25) is 4.79 Å². The van der Waals surface area contributed by atoms with Crippen molar-refractivity contribution in [2.24, 2.45) is 0 Å². The maximum absolute atomic E-state index is 12.6. The van der Waals surface area contributed by atoms with Gasteiger partial charge in [0.1, 0.15) is 17.4 Å². The van der Waals surface area contributed by atoms with Crippen LogP contribution in [0.15, 0.2) is 53.9 Å². The van der Waals surface area contributed by atoms with Crippen LogP contribution in [-0.2, 0) is 17.8 Å². The van der Waals surface area contributed by atoms with Crippen LogP contribution in [0.3, 0.4) is 0 Å². The zero-order valence-corrected chi connectivity index (χ0v) is 17.8. The van der Waals surface area contributed by atoms with Gasteiger partial charge < -0.3 is 9.64 Å². The number of likely N-dealkylation sites (N-methyl/N-ethyl adjacent to an activating group) is 1. The average Bonchev–Trinajstić information content (AvgIpc) is 3.14. The summed E-state index contributed by atoms with van der Waals surface area (Å²) >= 11 is 7.45. The van der Waals surface area contributed by atoms with Crippen LogP contribution in [0.4, 0.5) is 0 Å². The lowest BCUT2D eigenvalue weighted by Gasteiger charge is -2.25. The topological polar surface area (TPSA) is 42.4 Å². The van der Waals surface area contributed by atoms with E-state index in [-0.39, 0.29) is 18.4 Å². The van der Waals surface area contributed by atoms with Crippen molar-refractivity contribution < 1.29 is 9.53 Å². The van der Waals surface area contributed by atoms with Gasteiger partial charge in [-0.1, -0.05) is 41.4 Å². The number of amides is 1. The minimum atomic E-state index is -0.0345. The molecule has 1 unspecified atom stereocenters. The van der Waals surface area contributed by atoms with Crippen LogP contribution in [0.5, 0.6) is 5.75 Å². The summed E-state index contributed by atoms with van der Waals surface area (Å²) < 4.78 is 5.76. The Morgan fingerprint density at radius 2 is 1.86 bits per heavy atom. The summed E-state index contributed by atoms with van der Waals surface area (Å²) in [6.07, 6.45) is 0.273. The predicted molar refractivity (Wildman–Crippen MR) is 114 cm³/mol. The molecular formula is C22H23ClN2O2S. The Hall–Kier alpha value is -2.37. The summed E-state index contributed by atoms with van der Waals surface area (Å²) in [6, 6.07) is 15.4. The third-order valence-corrected chi connectivity index (χ3v) is 5.76. The van der Waals surface area contributed by atoms with E-state index in [1.165, 1.54) is 16.9 Å². The van der Waals surface area contributed by atoms with E-state index in [4.69, 9.17) is 16.3 Å². The Morgan fingerprint density at radius 3 is 2.54 bits per heavy atom. The SMILES string of the molecule is Cc1ccc(OCc2nc(CC(=O)N(C)C(C)c3ccc(Cl)cc3)cs2)cc1. The van der Waals surface area contributed by atoms with E-state index in [9.17, 15) is 4.79 Å². The molecule has 0 radical (unpaired) electrons. The lowest BCUT2D eigenvalue weighted by Crippen LogP contribution is -2.31. The number of aryl methyl sites for hydroxylation is 1. The third kappa shape index (κ3) is 5.33. The number of rotatable bonds is 7. The number of carbonyl (C=O) groups excluding carboxylic acids is 1. The predicted octanol–water partition coefficient (Wildman–Crippen LogP) is 5.45. The maximum atomic E-state index is 12.6. The van der Waals surface area contributed by atoms with Crippen molar-refractivity contribution in [3.05, 3.63) is 80.8 Å². The number of aromatic nitrogens is 1. The number of hydrogen-bond acceptors (Lipinski definition) is 4. The molecule has 1 aromatic heterocycles. The number of carbonyl (C=O) groups is 1. The van der Waals surface area contributed by atoms with Crippen LogP contribution in [0, 0.1) is 6.92 Å². The molecule has 1 atom stereocenters. The van der Waals surface area contributed by atoms with Gasteiger partial charge in [0, 0.05) is 17.5 Å². The first-order valence-electron chi connectivity index (χ1n) is 9.06. The van der Waals surface area contributed by atoms with E-state index in [0.29, 0.717) is 11.6 Å². The highest BCUT2D eigenvalue weighted by Crippen LogP contribution is 2.22.